The van der Waals surface area contributed by atoms with E-state index in [1.165, 1.54) is 7.11 Å². The van der Waals surface area contributed by atoms with E-state index in [-0.39, 0.29) is 12.5 Å². The van der Waals surface area contributed by atoms with Crippen molar-refractivity contribution in [2.24, 2.45) is 5.92 Å². The number of amides is 1. The molecule has 0 unspecified atom stereocenters. The molecule has 6 heteroatoms. The predicted molar refractivity (Wildman–Crippen MR) is 78.8 cm³/mol. The standard InChI is InChI=1S/C14H18BrNO4/c1-9(2)7-16-13(17)8-20-14(18)10-4-5-12(19-3)11(15)6-10/h4-6,9H,7-8H2,1-3H3,(H,16,17). The van der Waals surface area contributed by atoms with Crippen LogP contribution >= 0.6 is 15.9 Å². The molecule has 1 aromatic carbocycles. The van der Waals surface area contributed by atoms with Gasteiger partial charge >= 0.3 is 5.97 Å². The van der Waals surface area contributed by atoms with Crippen LogP contribution in [0.15, 0.2) is 22.7 Å². The quantitative estimate of drug-likeness (QED) is 0.805. The molecule has 0 spiro atoms. The van der Waals surface area contributed by atoms with E-state index < -0.39 is 5.97 Å². The van der Waals surface area contributed by atoms with Gasteiger partial charge in [-0.2, -0.15) is 0 Å². The number of nitrogens with one attached hydrogen (secondary N) is 1. The van der Waals surface area contributed by atoms with Crippen molar-refractivity contribution in [1.82, 2.24) is 5.32 Å². The second kappa shape index (κ2) is 7.89. The van der Waals surface area contributed by atoms with Crippen LogP contribution in [0.1, 0.15) is 24.2 Å². The number of carbonyl (C=O) groups is 2. The molecule has 0 radical (unpaired) electrons. The summed E-state index contributed by atoms with van der Waals surface area (Å²) >= 11 is 3.28. The van der Waals surface area contributed by atoms with Crippen molar-refractivity contribution in [3.63, 3.8) is 0 Å². The molecule has 1 N–H and O–H groups in total. The monoisotopic (exact) mass is 343 g/mol. The zero-order valence-corrected chi connectivity index (χ0v) is 13.3. The third kappa shape index (κ3) is 5.21. The van der Waals surface area contributed by atoms with Crippen molar-refractivity contribution < 1.29 is 19.1 Å². The molecule has 0 saturated carbocycles. The van der Waals surface area contributed by atoms with E-state index in [0.717, 1.165) is 0 Å². The summed E-state index contributed by atoms with van der Waals surface area (Å²) in [5, 5.41) is 2.67. The molecule has 1 amide bonds. The second-order valence-electron chi connectivity index (χ2n) is 4.62. The number of esters is 1. The summed E-state index contributed by atoms with van der Waals surface area (Å²) in [5.74, 6) is 0.121. The van der Waals surface area contributed by atoms with E-state index >= 15 is 0 Å². The second-order valence-corrected chi connectivity index (χ2v) is 5.48. The minimum Gasteiger partial charge on any atom is -0.496 e. The largest absolute Gasteiger partial charge is 0.496 e. The molecule has 0 fully saturated rings. The van der Waals surface area contributed by atoms with Crippen LogP contribution in [-0.4, -0.2) is 32.1 Å². The number of halogens is 1. The van der Waals surface area contributed by atoms with Crippen molar-refractivity contribution in [3.8, 4) is 5.75 Å². The number of carbonyl (C=O) groups excluding carboxylic acids is 2. The van der Waals surface area contributed by atoms with Gasteiger partial charge in [0.25, 0.3) is 5.91 Å². The first-order valence-corrected chi connectivity index (χ1v) is 7.00. The molecule has 1 rings (SSSR count). The number of hydrogen-bond donors (Lipinski definition) is 1. The van der Waals surface area contributed by atoms with E-state index in [1.54, 1.807) is 18.2 Å². The van der Waals surface area contributed by atoms with Gasteiger partial charge in [-0.05, 0) is 40.0 Å². The van der Waals surface area contributed by atoms with Crippen LogP contribution in [0.2, 0.25) is 0 Å². The fourth-order valence-corrected chi connectivity index (χ4v) is 1.92. The Morgan fingerprint density at radius 2 is 2.05 bits per heavy atom. The van der Waals surface area contributed by atoms with Crippen LogP contribution < -0.4 is 10.1 Å². The highest BCUT2D eigenvalue weighted by Crippen LogP contribution is 2.25. The smallest absolute Gasteiger partial charge is 0.338 e. The molecule has 0 aliphatic carbocycles. The van der Waals surface area contributed by atoms with Crippen molar-refractivity contribution in [3.05, 3.63) is 28.2 Å². The number of ether oxygens (including phenoxy) is 2. The summed E-state index contributed by atoms with van der Waals surface area (Å²) in [4.78, 5) is 23.2. The summed E-state index contributed by atoms with van der Waals surface area (Å²) in [7, 11) is 1.54. The predicted octanol–water partition coefficient (Wildman–Crippen LogP) is 2.39. The summed E-state index contributed by atoms with van der Waals surface area (Å²) in [6, 6.07) is 4.82. The molecule has 0 saturated heterocycles. The van der Waals surface area contributed by atoms with Crippen molar-refractivity contribution in [2.75, 3.05) is 20.3 Å². The normalized spacial score (nSPS) is 10.2. The third-order valence-electron chi connectivity index (χ3n) is 2.43. The summed E-state index contributed by atoms with van der Waals surface area (Å²) in [5.41, 5.74) is 0.356. The average Bonchev–Trinajstić information content (AvgIpc) is 2.42. The zero-order chi connectivity index (χ0) is 15.1. The molecule has 0 heterocycles. The number of benzene rings is 1. The van der Waals surface area contributed by atoms with Crippen LogP contribution in [0.3, 0.4) is 0 Å². The first-order valence-electron chi connectivity index (χ1n) is 6.21. The Hall–Kier alpha value is -1.56. The van der Waals surface area contributed by atoms with E-state index in [9.17, 15) is 9.59 Å². The van der Waals surface area contributed by atoms with Crippen LogP contribution in [0.5, 0.6) is 5.75 Å². The fourth-order valence-electron chi connectivity index (χ4n) is 1.38. The molecular weight excluding hydrogens is 326 g/mol. The highest BCUT2D eigenvalue weighted by Gasteiger charge is 2.12. The molecule has 20 heavy (non-hydrogen) atoms. The maximum atomic E-state index is 11.8. The maximum Gasteiger partial charge on any atom is 0.338 e. The SMILES string of the molecule is COc1ccc(C(=O)OCC(=O)NCC(C)C)cc1Br. The van der Waals surface area contributed by atoms with Gasteiger partial charge in [-0.1, -0.05) is 13.8 Å². The Morgan fingerprint density at radius 3 is 2.60 bits per heavy atom. The first-order chi connectivity index (χ1) is 9.43. The van der Waals surface area contributed by atoms with E-state index in [2.05, 4.69) is 21.2 Å². The van der Waals surface area contributed by atoms with Crippen LogP contribution in [0, 0.1) is 5.92 Å². The lowest BCUT2D eigenvalue weighted by Gasteiger charge is -2.09. The molecule has 0 aromatic heterocycles. The van der Waals surface area contributed by atoms with Gasteiger partial charge < -0.3 is 14.8 Å². The molecule has 0 aliphatic heterocycles. The highest BCUT2D eigenvalue weighted by atomic mass is 79.9. The van der Waals surface area contributed by atoms with Gasteiger partial charge in [-0.3, -0.25) is 4.79 Å². The summed E-state index contributed by atoms with van der Waals surface area (Å²) in [6.45, 7) is 4.25. The van der Waals surface area contributed by atoms with Gasteiger partial charge in [-0.25, -0.2) is 4.79 Å². The molecule has 0 atom stereocenters. The minimum atomic E-state index is -0.548. The van der Waals surface area contributed by atoms with Crippen molar-refractivity contribution in [1.29, 1.82) is 0 Å². The summed E-state index contributed by atoms with van der Waals surface area (Å²) < 4.78 is 10.7. The van der Waals surface area contributed by atoms with E-state index in [1.807, 2.05) is 13.8 Å². The molecule has 5 nitrogen and oxygen atoms in total. The Labute approximate surface area is 126 Å². The lowest BCUT2D eigenvalue weighted by molar-refractivity contribution is -0.124. The Morgan fingerprint density at radius 1 is 1.35 bits per heavy atom. The molecule has 0 bridgehead atoms. The molecule has 0 aliphatic rings. The van der Waals surface area contributed by atoms with Crippen LogP contribution in [-0.2, 0) is 9.53 Å². The van der Waals surface area contributed by atoms with Gasteiger partial charge in [0.15, 0.2) is 6.61 Å². The lowest BCUT2D eigenvalue weighted by Crippen LogP contribution is -2.31. The summed E-state index contributed by atoms with van der Waals surface area (Å²) in [6.07, 6.45) is 0. The number of methoxy groups -OCH3 is 1. The van der Waals surface area contributed by atoms with Crippen LogP contribution in [0.25, 0.3) is 0 Å². The van der Waals surface area contributed by atoms with Crippen LogP contribution in [0.4, 0.5) is 0 Å². The zero-order valence-electron chi connectivity index (χ0n) is 11.7. The fraction of sp³-hybridized carbons (Fsp3) is 0.429. The highest BCUT2D eigenvalue weighted by molar-refractivity contribution is 9.10. The Kier molecular flexibility index (Phi) is 6.51. The Bertz CT molecular complexity index is 488. The molecule has 110 valence electrons. The topological polar surface area (TPSA) is 64.6 Å². The maximum absolute atomic E-state index is 11.8. The lowest BCUT2D eigenvalue weighted by atomic mass is 10.2. The van der Waals surface area contributed by atoms with Crippen molar-refractivity contribution >= 4 is 27.8 Å². The number of rotatable bonds is 6. The van der Waals surface area contributed by atoms with Gasteiger partial charge in [0.05, 0.1) is 17.1 Å². The molecular formula is C14H18BrNO4. The van der Waals surface area contributed by atoms with E-state index in [4.69, 9.17) is 9.47 Å². The Balaban J connectivity index is 2.51. The third-order valence-corrected chi connectivity index (χ3v) is 3.05. The average molecular weight is 344 g/mol. The van der Waals surface area contributed by atoms with Crippen molar-refractivity contribution in [2.45, 2.75) is 13.8 Å². The van der Waals surface area contributed by atoms with Gasteiger partial charge in [0.1, 0.15) is 5.75 Å². The minimum absolute atomic E-state index is 0.283. The first kappa shape index (κ1) is 16.5. The van der Waals surface area contributed by atoms with Gasteiger partial charge in [-0.15, -0.1) is 0 Å². The van der Waals surface area contributed by atoms with Gasteiger partial charge in [0.2, 0.25) is 0 Å². The van der Waals surface area contributed by atoms with E-state index in [0.29, 0.717) is 28.2 Å². The number of hydrogen-bond acceptors (Lipinski definition) is 4. The molecule has 1 aromatic rings. The van der Waals surface area contributed by atoms with Gasteiger partial charge in [0, 0.05) is 6.54 Å².